The van der Waals surface area contributed by atoms with Crippen molar-refractivity contribution in [1.82, 2.24) is 15.6 Å². The second-order valence-electron chi connectivity index (χ2n) is 5.47. The molecular weight excluding hydrogens is 242 g/mol. The van der Waals surface area contributed by atoms with Gasteiger partial charge in [0.1, 0.15) is 5.52 Å². The van der Waals surface area contributed by atoms with Crippen LogP contribution < -0.4 is 10.6 Å². The molecule has 2 fully saturated rings. The average Bonchev–Trinajstić information content (AvgIpc) is 3.13. The molecule has 4 rings (SSSR count). The predicted octanol–water partition coefficient (Wildman–Crippen LogP) is 1.31. The molecule has 2 aliphatic rings. The minimum Gasteiger partial charge on any atom is -0.443 e. The summed E-state index contributed by atoms with van der Waals surface area (Å²) < 4.78 is 5.17. The number of rotatable bonds is 2. The van der Waals surface area contributed by atoms with Gasteiger partial charge in [-0.25, -0.2) is 4.98 Å². The Kier molecular flexibility index (Phi) is 2.35. The van der Waals surface area contributed by atoms with Crippen LogP contribution in [-0.4, -0.2) is 29.5 Å². The summed E-state index contributed by atoms with van der Waals surface area (Å²) in [7, 11) is 0. The molecule has 5 heteroatoms. The smallest absolute Gasteiger partial charge is 0.251 e. The van der Waals surface area contributed by atoms with E-state index in [1.54, 1.807) is 18.2 Å². The van der Waals surface area contributed by atoms with E-state index in [1.165, 1.54) is 12.8 Å². The second kappa shape index (κ2) is 4.06. The Morgan fingerprint density at radius 2 is 2.37 bits per heavy atom. The van der Waals surface area contributed by atoms with Crippen LogP contribution in [0.25, 0.3) is 11.1 Å². The molecular formula is C14H15N3O2. The van der Waals surface area contributed by atoms with E-state index in [1.807, 2.05) is 0 Å². The molecule has 1 aromatic heterocycles. The Balaban J connectivity index is 1.53. The van der Waals surface area contributed by atoms with Gasteiger partial charge < -0.3 is 15.1 Å². The first-order chi connectivity index (χ1) is 9.29. The molecule has 98 valence electrons. The van der Waals surface area contributed by atoms with Crippen LogP contribution in [0.2, 0.25) is 0 Å². The number of hydrogen-bond donors (Lipinski definition) is 2. The fourth-order valence-electron chi connectivity index (χ4n) is 3.26. The monoisotopic (exact) mass is 257 g/mol. The Morgan fingerprint density at radius 3 is 3.16 bits per heavy atom. The number of piperidine rings is 1. The number of fused-ring (bicyclic) bond motifs is 3. The molecule has 3 unspecified atom stereocenters. The lowest BCUT2D eigenvalue weighted by Crippen LogP contribution is -2.47. The molecule has 2 N–H and O–H groups in total. The third-order valence-corrected chi connectivity index (χ3v) is 4.24. The minimum atomic E-state index is -0.0238. The number of hydrogen-bond acceptors (Lipinski definition) is 4. The van der Waals surface area contributed by atoms with E-state index in [-0.39, 0.29) is 11.9 Å². The zero-order valence-corrected chi connectivity index (χ0v) is 10.4. The molecule has 5 nitrogen and oxygen atoms in total. The van der Waals surface area contributed by atoms with Crippen molar-refractivity contribution in [1.29, 1.82) is 0 Å². The number of aromatic nitrogens is 1. The van der Waals surface area contributed by atoms with Crippen LogP contribution in [0.4, 0.5) is 0 Å². The summed E-state index contributed by atoms with van der Waals surface area (Å²) in [5.41, 5.74) is 2.07. The van der Waals surface area contributed by atoms with Crippen LogP contribution in [0.1, 0.15) is 23.2 Å². The lowest BCUT2D eigenvalue weighted by Gasteiger charge is -2.23. The molecule has 2 heterocycles. The molecule has 2 bridgehead atoms. The maximum atomic E-state index is 12.2. The lowest BCUT2D eigenvalue weighted by atomic mass is 10.1. The summed E-state index contributed by atoms with van der Waals surface area (Å²) in [6, 6.07) is 6.05. The molecule has 19 heavy (non-hydrogen) atoms. The summed E-state index contributed by atoms with van der Waals surface area (Å²) in [5.74, 6) is 0.706. The fourth-order valence-corrected chi connectivity index (χ4v) is 3.26. The maximum absolute atomic E-state index is 12.2. The normalized spacial score (nSPS) is 28.9. The van der Waals surface area contributed by atoms with E-state index >= 15 is 0 Å². The zero-order chi connectivity index (χ0) is 12.8. The average molecular weight is 257 g/mol. The van der Waals surface area contributed by atoms with Crippen molar-refractivity contribution in [2.75, 3.05) is 6.54 Å². The molecule has 1 saturated carbocycles. The van der Waals surface area contributed by atoms with Gasteiger partial charge in [0.2, 0.25) is 0 Å². The highest BCUT2D eigenvalue weighted by atomic mass is 16.3. The Morgan fingerprint density at radius 1 is 1.42 bits per heavy atom. The molecule has 0 spiro atoms. The van der Waals surface area contributed by atoms with Crippen molar-refractivity contribution in [2.45, 2.75) is 24.9 Å². The van der Waals surface area contributed by atoms with Crippen LogP contribution in [0.5, 0.6) is 0 Å². The number of carbonyl (C=O) groups is 1. The van der Waals surface area contributed by atoms with Gasteiger partial charge in [-0.05, 0) is 43.5 Å². The summed E-state index contributed by atoms with van der Waals surface area (Å²) in [5, 5.41) is 6.57. The van der Waals surface area contributed by atoms with Gasteiger partial charge >= 0.3 is 0 Å². The molecule has 1 aliphatic heterocycles. The van der Waals surface area contributed by atoms with Gasteiger partial charge in [-0.2, -0.15) is 0 Å². The topological polar surface area (TPSA) is 67.2 Å². The van der Waals surface area contributed by atoms with Gasteiger partial charge in [0.25, 0.3) is 5.91 Å². The van der Waals surface area contributed by atoms with Crippen molar-refractivity contribution in [3.63, 3.8) is 0 Å². The first kappa shape index (κ1) is 11.0. The van der Waals surface area contributed by atoms with Crippen molar-refractivity contribution in [3.8, 4) is 0 Å². The summed E-state index contributed by atoms with van der Waals surface area (Å²) in [4.78, 5) is 16.3. The van der Waals surface area contributed by atoms with Crippen molar-refractivity contribution in [2.24, 2.45) is 5.92 Å². The van der Waals surface area contributed by atoms with Gasteiger partial charge in [-0.15, -0.1) is 0 Å². The predicted molar refractivity (Wildman–Crippen MR) is 69.8 cm³/mol. The van der Waals surface area contributed by atoms with Crippen molar-refractivity contribution < 1.29 is 9.21 Å². The summed E-state index contributed by atoms with van der Waals surface area (Å²) in [6.45, 7) is 1.10. The summed E-state index contributed by atoms with van der Waals surface area (Å²) in [6.07, 6.45) is 3.68. The van der Waals surface area contributed by atoms with Gasteiger partial charge in [0, 0.05) is 17.6 Å². The van der Waals surface area contributed by atoms with Crippen LogP contribution >= 0.6 is 0 Å². The largest absolute Gasteiger partial charge is 0.443 e. The number of nitrogens with zero attached hydrogens (tertiary/aromatic N) is 1. The molecule has 3 atom stereocenters. The minimum absolute atomic E-state index is 0.0238. The highest BCUT2D eigenvalue weighted by Crippen LogP contribution is 2.31. The molecule has 1 saturated heterocycles. The van der Waals surface area contributed by atoms with E-state index in [9.17, 15) is 4.79 Å². The third kappa shape index (κ3) is 1.81. The van der Waals surface area contributed by atoms with Crippen LogP contribution in [0.15, 0.2) is 29.0 Å². The Labute approximate surface area is 110 Å². The maximum Gasteiger partial charge on any atom is 0.251 e. The Bertz CT molecular complexity index is 636. The number of carbonyl (C=O) groups excluding carboxylic acids is 1. The first-order valence-electron chi connectivity index (χ1n) is 6.67. The molecule has 1 amide bonds. The number of amides is 1. The molecule has 2 aromatic rings. The summed E-state index contributed by atoms with van der Waals surface area (Å²) >= 11 is 0. The lowest BCUT2D eigenvalue weighted by molar-refractivity contribution is 0.0928. The second-order valence-corrected chi connectivity index (χ2v) is 5.47. The van der Waals surface area contributed by atoms with Gasteiger partial charge in [-0.1, -0.05) is 0 Å². The SMILES string of the molecule is O=C(NC1CC2CNC1C2)c1ccc2ocnc2c1. The van der Waals surface area contributed by atoms with E-state index in [0.29, 0.717) is 17.2 Å². The van der Waals surface area contributed by atoms with Crippen molar-refractivity contribution in [3.05, 3.63) is 30.2 Å². The first-order valence-corrected chi connectivity index (χ1v) is 6.67. The van der Waals surface area contributed by atoms with Gasteiger partial charge in [0.15, 0.2) is 12.0 Å². The quantitative estimate of drug-likeness (QED) is 0.851. The number of benzene rings is 1. The molecule has 0 radical (unpaired) electrons. The van der Waals surface area contributed by atoms with Crippen LogP contribution in [0.3, 0.4) is 0 Å². The van der Waals surface area contributed by atoms with Crippen LogP contribution in [-0.2, 0) is 0 Å². The van der Waals surface area contributed by atoms with Crippen molar-refractivity contribution >= 4 is 17.0 Å². The van der Waals surface area contributed by atoms with Gasteiger partial charge in [-0.3, -0.25) is 4.79 Å². The number of oxazole rings is 1. The highest BCUT2D eigenvalue weighted by Gasteiger charge is 2.40. The van der Waals surface area contributed by atoms with E-state index in [4.69, 9.17) is 4.42 Å². The van der Waals surface area contributed by atoms with Crippen LogP contribution in [0, 0.1) is 5.92 Å². The van der Waals surface area contributed by atoms with E-state index in [0.717, 1.165) is 24.4 Å². The third-order valence-electron chi connectivity index (χ3n) is 4.24. The van der Waals surface area contributed by atoms with E-state index in [2.05, 4.69) is 15.6 Å². The molecule has 1 aromatic carbocycles. The molecule has 1 aliphatic carbocycles. The van der Waals surface area contributed by atoms with Gasteiger partial charge in [0.05, 0.1) is 0 Å². The standard InChI is InChI=1S/C14H15N3O2/c18-14(17-11-4-8-3-10(11)15-6-8)9-1-2-13-12(5-9)16-7-19-13/h1-2,5,7-8,10-11,15H,3-4,6H2,(H,17,18). The zero-order valence-electron chi connectivity index (χ0n) is 10.4. The number of nitrogens with one attached hydrogen (secondary N) is 2. The Hall–Kier alpha value is -1.88. The van der Waals surface area contributed by atoms with E-state index < -0.39 is 0 Å². The highest BCUT2D eigenvalue weighted by molar-refractivity contribution is 5.97. The fraction of sp³-hybridized carbons (Fsp3) is 0.429.